The Morgan fingerprint density at radius 1 is 1.02 bits per heavy atom. The molecule has 1 heterocycles. The molecule has 2 amide bonds. The molecule has 47 heavy (non-hydrogen) atoms. The predicted octanol–water partition coefficient (Wildman–Crippen LogP) is 6.15. The molecule has 1 fully saturated rings. The van der Waals surface area contributed by atoms with Crippen LogP contribution in [-0.2, 0) is 28.9 Å². The van der Waals surface area contributed by atoms with Crippen LogP contribution in [-0.4, -0.2) is 67.9 Å². The van der Waals surface area contributed by atoms with Gasteiger partial charge < -0.3 is 34.9 Å². The topological polar surface area (TPSA) is 125 Å². The van der Waals surface area contributed by atoms with Gasteiger partial charge in [0.1, 0.15) is 19.0 Å². The van der Waals surface area contributed by atoms with Gasteiger partial charge in [-0.1, -0.05) is 35.3 Å². The van der Waals surface area contributed by atoms with Crippen LogP contribution in [0, 0.1) is 12.8 Å². The van der Waals surface area contributed by atoms with E-state index in [1.165, 1.54) is 0 Å². The van der Waals surface area contributed by atoms with Crippen LogP contribution in [0.4, 0.5) is 4.79 Å². The van der Waals surface area contributed by atoms with Crippen LogP contribution in [0.15, 0.2) is 48.5 Å². The zero-order chi connectivity index (χ0) is 33.8. The fraction of sp³-hybridized carbons (Fsp3) is 0.457. The number of aromatic nitrogens is 1. The lowest BCUT2D eigenvalue weighted by Gasteiger charge is -2.27. The summed E-state index contributed by atoms with van der Waals surface area (Å²) < 4.78 is 22.2. The van der Waals surface area contributed by atoms with Crippen LogP contribution in [0.5, 0.6) is 17.4 Å². The van der Waals surface area contributed by atoms with Crippen LogP contribution in [0.1, 0.15) is 48.6 Å². The maximum Gasteiger partial charge on any atom is 0.413 e. The maximum absolute atomic E-state index is 13.9. The van der Waals surface area contributed by atoms with Crippen molar-refractivity contribution in [2.24, 2.45) is 11.7 Å². The van der Waals surface area contributed by atoms with Gasteiger partial charge >= 0.3 is 6.09 Å². The van der Waals surface area contributed by atoms with E-state index in [-0.39, 0.29) is 31.0 Å². The van der Waals surface area contributed by atoms with Gasteiger partial charge in [0.25, 0.3) is 0 Å². The molecule has 254 valence electrons. The molecular weight excluding hydrogens is 643 g/mol. The molecule has 1 atom stereocenters. The molecule has 1 aliphatic rings. The van der Waals surface area contributed by atoms with Gasteiger partial charge in [-0.05, 0) is 93.0 Å². The first kappa shape index (κ1) is 36.3. The highest BCUT2D eigenvalue weighted by Crippen LogP contribution is 2.34. The monoisotopic (exact) mass is 686 g/mol. The van der Waals surface area contributed by atoms with Crippen molar-refractivity contribution in [3.63, 3.8) is 0 Å². The smallest absolute Gasteiger partial charge is 0.413 e. The van der Waals surface area contributed by atoms with E-state index in [0.717, 1.165) is 41.6 Å². The molecule has 1 aliphatic carbocycles. The number of benzene rings is 2. The molecule has 0 saturated heterocycles. The number of nitrogens with one attached hydrogen (secondary N) is 1. The highest BCUT2D eigenvalue weighted by molar-refractivity contribution is 6.37. The number of amides is 2. The van der Waals surface area contributed by atoms with Crippen molar-refractivity contribution < 1.29 is 28.5 Å². The largest absolute Gasteiger partial charge is 0.490 e. The summed E-state index contributed by atoms with van der Waals surface area (Å²) in [5, 5.41) is 3.54. The zero-order valence-corrected chi connectivity index (χ0v) is 28.7. The van der Waals surface area contributed by atoms with E-state index < -0.39 is 12.0 Å². The molecule has 0 radical (unpaired) electrons. The third-order valence-corrected chi connectivity index (χ3v) is 8.18. The maximum atomic E-state index is 13.9. The van der Waals surface area contributed by atoms with Crippen molar-refractivity contribution in [3.05, 3.63) is 81.0 Å². The molecule has 1 saturated carbocycles. The summed E-state index contributed by atoms with van der Waals surface area (Å²) in [5.74, 6) is 0.934. The van der Waals surface area contributed by atoms with Crippen molar-refractivity contribution in [1.29, 1.82) is 0 Å². The van der Waals surface area contributed by atoms with Crippen LogP contribution in [0.2, 0.25) is 10.0 Å². The van der Waals surface area contributed by atoms with E-state index >= 15 is 0 Å². The third-order valence-electron chi connectivity index (χ3n) is 7.62. The first-order chi connectivity index (χ1) is 22.7. The number of methoxy groups -OCH3 is 1. The minimum absolute atomic E-state index is 0.00448. The van der Waals surface area contributed by atoms with Gasteiger partial charge in [-0.25, -0.2) is 9.78 Å². The molecular formula is C35H44Cl2N4O6. The second-order valence-electron chi connectivity index (χ2n) is 11.6. The van der Waals surface area contributed by atoms with Gasteiger partial charge in [0, 0.05) is 51.2 Å². The standard InChI is InChI=1S/C35H44Cl2N4O6/c1-4-39-35(43)47-32-20-25(19-27(40-32)6-5-13-44-3)22-41(28-9-10-28)34(42)26(21-38)18-24-7-11-29(12-8-24)45-14-15-46-33-30(36)16-23(2)17-31(33)37/h7-8,11-12,16-17,19-20,26,28H,4-6,9-10,13-15,18,21-22,38H2,1-3H3,(H,39,43). The van der Waals surface area contributed by atoms with Crippen molar-refractivity contribution in [2.45, 2.75) is 58.5 Å². The highest BCUT2D eigenvalue weighted by atomic mass is 35.5. The molecule has 12 heteroatoms. The highest BCUT2D eigenvalue weighted by Gasteiger charge is 2.35. The Morgan fingerprint density at radius 2 is 1.72 bits per heavy atom. The number of nitrogens with two attached hydrogens (primary N) is 1. The van der Waals surface area contributed by atoms with Crippen LogP contribution < -0.4 is 25.3 Å². The summed E-state index contributed by atoms with van der Waals surface area (Å²) in [6.45, 7) is 5.92. The van der Waals surface area contributed by atoms with E-state index in [1.807, 2.05) is 49.1 Å². The fourth-order valence-corrected chi connectivity index (χ4v) is 5.88. The van der Waals surface area contributed by atoms with Crippen molar-refractivity contribution in [3.8, 4) is 17.4 Å². The lowest BCUT2D eigenvalue weighted by molar-refractivity contribution is -0.136. The average Bonchev–Trinajstić information content (AvgIpc) is 3.88. The summed E-state index contributed by atoms with van der Waals surface area (Å²) in [6, 6.07) is 15.1. The molecule has 4 rings (SSSR count). The van der Waals surface area contributed by atoms with Gasteiger partial charge in [-0.2, -0.15) is 0 Å². The Kier molecular flexibility index (Phi) is 14.0. The Bertz CT molecular complexity index is 1460. The Balaban J connectivity index is 1.36. The predicted molar refractivity (Wildman–Crippen MR) is 183 cm³/mol. The Labute approximate surface area is 286 Å². The van der Waals surface area contributed by atoms with Gasteiger partial charge in [0.15, 0.2) is 5.75 Å². The minimum Gasteiger partial charge on any atom is -0.490 e. The SMILES string of the molecule is CCNC(=O)Oc1cc(CN(C(=O)C(CN)Cc2ccc(OCCOc3c(Cl)cc(C)cc3Cl)cc2)C2CC2)cc(CCCOC)n1. The molecule has 10 nitrogen and oxygen atoms in total. The second kappa shape index (κ2) is 18.1. The first-order valence-corrected chi connectivity index (χ1v) is 16.7. The molecule has 1 aromatic heterocycles. The number of halogens is 2. The van der Waals surface area contributed by atoms with Crippen LogP contribution in [0.25, 0.3) is 0 Å². The minimum atomic E-state index is -0.569. The van der Waals surface area contributed by atoms with E-state index in [1.54, 1.807) is 25.3 Å². The number of carbonyl (C=O) groups is 2. The molecule has 0 bridgehead atoms. The van der Waals surface area contributed by atoms with Gasteiger partial charge in [0.05, 0.1) is 16.0 Å². The van der Waals surface area contributed by atoms with Crippen LogP contribution >= 0.6 is 23.2 Å². The molecule has 0 spiro atoms. The molecule has 1 unspecified atom stereocenters. The summed E-state index contributed by atoms with van der Waals surface area (Å²) in [5.41, 5.74) is 9.73. The lowest BCUT2D eigenvalue weighted by Crippen LogP contribution is -2.41. The van der Waals surface area contributed by atoms with Crippen molar-refractivity contribution in [2.75, 3.05) is 40.0 Å². The summed E-state index contributed by atoms with van der Waals surface area (Å²) >= 11 is 12.5. The van der Waals surface area contributed by atoms with Crippen LogP contribution in [0.3, 0.4) is 0 Å². The Morgan fingerprint density at radius 3 is 2.36 bits per heavy atom. The molecule has 3 N–H and O–H groups in total. The number of rotatable bonds is 18. The van der Waals surface area contributed by atoms with E-state index in [4.69, 9.17) is 47.9 Å². The van der Waals surface area contributed by atoms with Gasteiger partial charge in [0.2, 0.25) is 11.8 Å². The summed E-state index contributed by atoms with van der Waals surface area (Å²) in [6.07, 6.45) is 3.22. The molecule has 0 aliphatic heterocycles. The fourth-order valence-electron chi connectivity index (χ4n) is 5.17. The lowest BCUT2D eigenvalue weighted by atomic mass is 9.97. The van der Waals surface area contributed by atoms with Crippen molar-refractivity contribution in [1.82, 2.24) is 15.2 Å². The second-order valence-corrected chi connectivity index (χ2v) is 12.4. The third kappa shape index (κ3) is 11.3. The Hall–Kier alpha value is -3.57. The van der Waals surface area contributed by atoms with E-state index in [9.17, 15) is 9.59 Å². The summed E-state index contributed by atoms with van der Waals surface area (Å²) in [4.78, 5) is 32.4. The van der Waals surface area contributed by atoms with Gasteiger partial charge in [-0.15, -0.1) is 0 Å². The quantitative estimate of drug-likeness (QED) is 0.153. The number of carbonyl (C=O) groups excluding carboxylic acids is 2. The number of nitrogens with zero attached hydrogens (tertiary/aromatic N) is 2. The number of aryl methyl sites for hydroxylation is 2. The van der Waals surface area contributed by atoms with E-state index in [0.29, 0.717) is 60.7 Å². The first-order valence-electron chi connectivity index (χ1n) is 16.0. The summed E-state index contributed by atoms with van der Waals surface area (Å²) in [7, 11) is 1.65. The average molecular weight is 688 g/mol. The van der Waals surface area contributed by atoms with E-state index in [2.05, 4.69) is 10.3 Å². The molecule has 3 aromatic rings. The molecule has 2 aromatic carbocycles. The van der Waals surface area contributed by atoms with Gasteiger partial charge in [-0.3, -0.25) is 4.79 Å². The normalized spacial score (nSPS) is 13.1. The number of hydrogen-bond donors (Lipinski definition) is 2. The number of ether oxygens (including phenoxy) is 4. The zero-order valence-electron chi connectivity index (χ0n) is 27.2. The van der Waals surface area contributed by atoms with Crippen molar-refractivity contribution >= 4 is 35.2 Å². The number of hydrogen-bond acceptors (Lipinski definition) is 8. The number of pyridine rings is 1.